The van der Waals surface area contributed by atoms with Crippen molar-refractivity contribution in [3.05, 3.63) is 23.3 Å². The van der Waals surface area contributed by atoms with Crippen LogP contribution in [0, 0.1) is 6.92 Å². The Bertz CT molecular complexity index is 384. The third-order valence-electron chi connectivity index (χ3n) is 3.43. The topological polar surface area (TPSA) is 12.0 Å². The Hall–Kier alpha value is -0.120. The number of hydrogen-bond donors (Lipinski definition) is 1. The SMILES string of the molecule is CSc1cc(SC)c(CC2CCCN2)cc1C. The molecule has 1 heterocycles. The van der Waals surface area contributed by atoms with Crippen LogP contribution in [0.2, 0.25) is 0 Å². The Kier molecular flexibility index (Phi) is 4.83. The lowest BCUT2D eigenvalue weighted by Crippen LogP contribution is -2.23. The first-order chi connectivity index (χ1) is 8.24. The van der Waals surface area contributed by atoms with Crippen molar-refractivity contribution in [3.8, 4) is 0 Å². The summed E-state index contributed by atoms with van der Waals surface area (Å²) in [5.41, 5.74) is 2.94. The molecule has 94 valence electrons. The minimum atomic E-state index is 0.695. The van der Waals surface area contributed by atoms with Gasteiger partial charge >= 0.3 is 0 Å². The molecule has 1 N–H and O–H groups in total. The number of thioether (sulfide) groups is 2. The highest BCUT2D eigenvalue weighted by molar-refractivity contribution is 7.99. The molecule has 0 spiro atoms. The molecule has 1 aliphatic heterocycles. The summed E-state index contributed by atoms with van der Waals surface area (Å²) < 4.78 is 0. The van der Waals surface area contributed by atoms with E-state index in [0.717, 1.165) is 0 Å². The van der Waals surface area contributed by atoms with E-state index in [4.69, 9.17) is 0 Å². The van der Waals surface area contributed by atoms with Crippen LogP contribution in [0.15, 0.2) is 21.9 Å². The quantitative estimate of drug-likeness (QED) is 0.835. The van der Waals surface area contributed by atoms with Crippen LogP contribution in [0.5, 0.6) is 0 Å². The van der Waals surface area contributed by atoms with Crippen molar-refractivity contribution in [2.24, 2.45) is 0 Å². The van der Waals surface area contributed by atoms with Crippen LogP contribution in [0.1, 0.15) is 24.0 Å². The molecule has 1 aromatic rings. The molecule has 1 fully saturated rings. The molecule has 1 saturated heterocycles. The number of benzene rings is 1. The van der Waals surface area contributed by atoms with Crippen LogP contribution in [0.25, 0.3) is 0 Å². The molecule has 1 nitrogen and oxygen atoms in total. The van der Waals surface area contributed by atoms with Gasteiger partial charge in [-0.3, -0.25) is 0 Å². The molecular formula is C14H21NS2. The van der Waals surface area contributed by atoms with Crippen LogP contribution in [0.4, 0.5) is 0 Å². The summed E-state index contributed by atoms with van der Waals surface area (Å²) in [6, 6.07) is 5.44. The highest BCUT2D eigenvalue weighted by Gasteiger charge is 2.16. The van der Waals surface area contributed by atoms with Gasteiger partial charge in [0.25, 0.3) is 0 Å². The molecule has 3 heteroatoms. The summed E-state index contributed by atoms with van der Waals surface area (Å²) in [7, 11) is 0. The predicted molar refractivity (Wildman–Crippen MR) is 79.5 cm³/mol. The van der Waals surface area contributed by atoms with Crippen LogP contribution in [-0.2, 0) is 6.42 Å². The van der Waals surface area contributed by atoms with E-state index in [9.17, 15) is 0 Å². The zero-order valence-corrected chi connectivity index (χ0v) is 12.5. The fourth-order valence-electron chi connectivity index (χ4n) is 2.50. The van der Waals surface area contributed by atoms with Gasteiger partial charge in [0.2, 0.25) is 0 Å². The molecule has 1 atom stereocenters. The Balaban J connectivity index is 2.22. The maximum Gasteiger partial charge on any atom is 0.0113 e. The highest BCUT2D eigenvalue weighted by atomic mass is 32.2. The van der Waals surface area contributed by atoms with Gasteiger partial charge < -0.3 is 5.32 Å². The normalized spacial score (nSPS) is 19.8. The van der Waals surface area contributed by atoms with Crippen LogP contribution < -0.4 is 5.32 Å². The van der Waals surface area contributed by atoms with Crippen molar-refractivity contribution < 1.29 is 0 Å². The summed E-state index contributed by atoms with van der Waals surface area (Å²) in [5.74, 6) is 0. The molecule has 1 unspecified atom stereocenters. The minimum Gasteiger partial charge on any atom is -0.314 e. The first-order valence-electron chi connectivity index (χ1n) is 6.19. The summed E-state index contributed by atoms with van der Waals surface area (Å²) in [4.78, 5) is 2.87. The number of hydrogen-bond acceptors (Lipinski definition) is 3. The van der Waals surface area contributed by atoms with Crippen LogP contribution in [-0.4, -0.2) is 25.1 Å². The third kappa shape index (κ3) is 3.21. The van der Waals surface area contributed by atoms with Gasteiger partial charge in [0.1, 0.15) is 0 Å². The standard InChI is InChI=1S/C14H21NS2/c1-10-7-11(8-12-5-4-6-15-12)14(17-3)9-13(10)16-2/h7,9,12,15H,4-6,8H2,1-3H3. The maximum atomic E-state index is 3.59. The maximum absolute atomic E-state index is 3.59. The highest BCUT2D eigenvalue weighted by Crippen LogP contribution is 2.30. The summed E-state index contributed by atoms with van der Waals surface area (Å²) in [6.45, 7) is 3.42. The van der Waals surface area contributed by atoms with Gasteiger partial charge in [-0.15, -0.1) is 23.5 Å². The number of nitrogens with one attached hydrogen (secondary N) is 1. The predicted octanol–water partition coefficient (Wildman–Crippen LogP) is 3.73. The molecular weight excluding hydrogens is 246 g/mol. The van der Waals surface area contributed by atoms with Crippen LogP contribution in [0.3, 0.4) is 0 Å². The van der Waals surface area contributed by atoms with E-state index in [-0.39, 0.29) is 0 Å². The van der Waals surface area contributed by atoms with Gasteiger partial charge in [-0.25, -0.2) is 0 Å². The molecule has 0 saturated carbocycles. The Morgan fingerprint density at radius 2 is 2.00 bits per heavy atom. The summed E-state index contributed by atoms with van der Waals surface area (Å²) in [5, 5.41) is 3.59. The monoisotopic (exact) mass is 267 g/mol. The molecule has 2 rings (SSSR count). The molecule has 17 heavy (non-hydrogen) atoms. The van der Waals surface area contributed by atoms with Gasteiger partial charge in [0.15, 0.2) is 0 Å². The van der Waals surface area contributed by atoms with Crippen molar-refractivity contribution in [1.29, 1.82) is 0 Å². The molecule has 0 radical (unpaired) electrons. The largest absolute Gasteiger partial charge is 0.314 e. The van der Waals surface area contributed by atoms with E-state index in [1.54, 1.807) is 0 Å². The second-order valence-corrected chi connectivity index (χ2v) is 6.33. The lowest BCUT2D eigenvalue weighted by atomic mass is 10.0. The summed E-state index contributed by atoms with van der Waals surface area (Å²) in [6.07, 6.45) is 8.19. The molecule has 1 aliphatic rings. The Morgan fingerprint density at radius 3 is 2.59 bits per heavy atom. The number of aryl methyl sites for hydroxylation is 1. The van der Waals surface area contributed by atoms with Crippen LogP contribution >= 0.6 is 23.5 Å². The Morgan fingerprint density at radius 1 is 1.24 bits per heavy atom. The lowest BCUT2D eigenvalue weighted by molar-refractivity contribution is 0.598. The zero-order valence-electron chi connectivity index (χ0n) is 10.9. The van der Waals surface area contributed by atoms with Crippen molar-refractivity contribution in [1.82, 2.24) is 5.32 Å². The smallest absolute Gasteiger partial charge is 0.0113 e. The third-order valence-corrected chi connectivity index (χ3v) is 5.13. The van der Waals surface area contributed by atoms with Crippen molar-refractivity contribution in [2.75, 3.05) is 19.1 Å². The van der Waals surface area contributed by atoms with Gasteiger partial charge in [-0.1, -0.05) is 6.07 Å². The van der Waals surface area contributed by atoms with Crippen molar-refractivity contribution in [3.63, 3.8) is 0 Å². The molecule has 1 aromatic carbocycles. The lowest BCUT2D eigenvalue weighted by Gasteiger charge is -2.15. The second-order valence-electron chi connectivity index (χ2n) is 4.63. The van der Waals surface area contributed by atoms with Gasteiger partial charge in [-0.05, 0) is 62.4 Å². The Labute approximate surface area is 113 Å². The van der Waals surface area contributed by atoms with Gasteiger partial charge in [0.05, 0.1) is 0 Å². The van der Waals surface area contributed by atoms with Crippen molar-refractivity contribution in [2.45, 2.75) is 42.0 Å². The van der Waals surface area contributed by atoms with E-state index in [0.29, 0.717) is 6.04 Å². The van der Waals surface area contributed by atoms with E-state index >= 15 is 0 Å². The molecule has 0 aromatic heterocycles. The average molecular weight is 267 g/mol. The first-order valence-corrected chi connectivity index (χ1v) is 8.64. The van der Waals surface area contributed by atoms with E-state index in [2.05, 4.69) is 36.9 Å². The zero-order chi connectivity index (χ0) is 12.3. The van der Waals surface area contributed by atoms with E-state index in [1.807, 2.05) is 23.5 Å². The second kappa shape index (κ2) is 6.17. The van der Waals surface area contributed by atoms with Gasteiger partial charge in [-0.2, -0.15) is 0 Å². The molecule has 0 aliphatic carbocycles. The van der Waals surface area contributed by atoms with Gasteiger partial charge in [0, 0.05) is 15.8 Å². The number of rotatable bonds is 4. The first kappa shape index (κ1) is 13.3. The fourth-order valence-corrected chi connectivity index (χ4v) is 3.83. The van der Waals surface area contributed by atoms with E-state index < -0.39 is 0 Å². The molecule has 0 amide bonds. The summed E-state index contributed by atoms with van der Waals surface area (Å²) >= 11 is 3.72. The average Bonchev–Trinajstić information content (AvgIpc) is 2.82. The fraction of sp³-hybridized carbons (Fsp3) is 0.571. The minimum absolute atomic E-state index is 0.695. The molecule has 0 bridgehead atoms. The van der Waals surface area contributed by atoms with Crippen molar-refractivity contribution >= 4 is 23.5 Å². The van der Waals surface area contributed by atoms with E-state index in [1.165, 1.54) is 46.7 Å².